The van der Waals surface area contributed by atoms with Gasteiger partial charge in [0, 0.05) is 17.2 Å². The summed E-state index contributed by atoms with van der Waals surface area (Å²) in [5.41, 5.74) is 4.78. The minimum atomic E-state index is 0.383. The van der Waals surface area contributed by atoms with Crippen LogP contribution in [0.4, 0.5) is 0 Å². The zero-order valence-electron chi connectivity index (χ0n) is 13.9. The van der Waals surface area contributed by atoms with Gasteiger partial charge >= 0.3 is 0 Å². The van der Waals surface area contributed by atoms with Crippen LogP contribution in [0, 0.1) is 5.92 Å². The summed E-state index contributed by atoms with van der Waals surface area (Å²) >= 11 is 0. The minimum Gasteiger partial charge on any atom is -0.252 e. The molecule has 0 amide bonds. The molecule has 0 saturated carbocycles. The van der Waals surface area contributed by atoms with E-state index in [9.17, 15) is 0 Å². The van der Waals surface area contributed by atoms with Crippen molar-refractivity contribution in [3.8, 4) is 0 Å². The number of benzene rings is 1. The van der Waals surface area contributed by atoms with E-state index in [2.05, 4.69) is 69.3 Å². The van der Waals surface area contributed by atoms with E-state index in [0.29, 0.717) is 5.92 Å². The van der Waals surface area contributed by atoms with Gasteiger partial charge in [-0.25, -0.2) is 0 Å². The van der Waals surface area contributed by atoms with Crippen LogP contribution in [-0.4, -0.2) is 5.71 Å². The molecule has 0 N–H and O–H groups in total. The Hall–Kier alpha value is -1.89. The average molecular weight is 281 g/mol. The van der Waals surface area contributed by atoms with Crippen LogP contribution in [0.25, 0.3) is 5.70 Å². The number of rotatable bonds is 3. The predicted molar refractivity (Wildman–Crippen MR) is 95.6 cm³/mol. The molecular formula is C20H27N. The van der Waals surface area contributed by atoms with Crippen molar-refractivity contribution in [3.05, 3.63) is 65.8 Å². The molecular weight excluding hydrogens is 254 g/mol. The van der Waals surface area contributed by atoms with Gasteiger partial charge in [-0.3, -0.25) is 4.99 Å². The SMILES string of the molecule is CC.CC/C(C)=C(/N=C1C=CC=CC1C)c1ccccc1. The van der Waals surface area contributed by atoms with Gasteiger partial charge in [0.15, 0.2) is 0 Å². The van der Waals surface area contributed by atoms with Crippen molar-refractivity contribution in [1.29, 1.82) is 0 Å². The first-order valence-electron chi connectivity index (χ1n) is 7.91. The molecule has 2 rings (SSSR count). The molecule has 1 heteroatoms. The third-order valence-electron chi connectivity index (χ3n) is 3.47. The number of aliphatic imine (C=N–C) groups is 1. The third kappa shape index (κ3) is 4.86. The molecule has 0 bridgehead atoms. The van der Waals surface area contributed by atoms with Gasteiger partial charge in [-0.15, -0.1) is 0 Å². The Kier molecular flexibility index (Phi) is 7.45. The highest BCUT2D eigenvalue weighted by Crippen LogP contribution is 2.24. The van der Waals surface area contributed by atoms with E-state index < -0.39 is 0 Å². The molecule has 0 aromatic heterocycles. The van der Waals surface area contributed by atoms with Gasteiger partial charge in [-0.05, 0) is 25.0 Å². The molecule has 1 nitrogen and oxygen atoms in total. The highest BCUT2D eigenvalue weighted by molar-refractivity contribution is 6.02. The van der Waals surface area contributed by atoms with Crippen molar-refractivity contribution >= 4 is 11.4 Å². The molecule has 1 unspecified atom stereocenters. The lowest BCUT2D eigenvalue weighted by Crippen LogP contribution is -2.08. The van der Waals surface area contributed by atoms with E-state index in [1.54, 1.807) is 0 Å². The monoisotopic (exact) mass is 281 g/mol. The molecule has 0 aliphatic heterocycles. The lowest BCUT2D eigenvalue weighted by molar-refractivity contribution is 0.993. The van der Waals surface area contributed by atoms with Crippen molar-refractivity contribution in [2.75, 3.05) is 0 Å². The molecule has 21 heavy (non-hydrogen) atoms. The van der Waals surface area contributed by atoms with Crippen molar-refractivity contribution in [1.82, 2.24) is 0 Å². The van der Waals surface area contributed by atoms with E-state index in [-0.39, 0.29) is 0 Å². The Morgan fingerprint density at radius 1 is 1.10 bits per heavy atom. The fourth-order valence-electron chi connectivity index (χ4n) is 2.07. The highest BCUT2D eigenvalue weighted by atomic mass is 14.8. The zero-order valence-corrected chi connectivity index (χ0v) is 13.9. The fourth-order valence-corrected chi connectivity index (χ4v) is 2.07. The van der Waals surface area contributed by atoms with Gasteiger partial charge in [0.1, 0.15) is 0 Å². The number of hydrogen-bond acceptors (Lipinski definition) is 1. The third-order valence-corrected chi connectivity index (χ3v) is 3.47. The van der Waals surface area contributed by atoms with E-state index in [1.807, 2.05) is 19.9 Å². The Labute approximate surface area is 129 Å². The maximum Gasteiger partial charge on any atom is 0.0694 e. The summed E-state index contributed by atoms with van der Waals surface area (Å²) in [7, 11) is 0. The van der Waals surface area contributed by atoms with Crippen LogP contribution >= 0.6 is 0 Å². The molecule has 1 aliphatic carbocycles. The largest absolute Gasteiger partial charge is 0.252 e. The van der Waals surface area contributed by atoms with Crippen LogP contribution in [0.2, 0.25) is 0 Å². The lowest BCUT2D eigenvalue weighted by atomic mass is 9.99. The second-order valence-corrected chi connectivity index (χ2v) is 4.92. The normalized spacial score (nSPS) is 19.9. The maximum atomic E-state index is 4.92. The summed E-state index contributed by atoms with van der Waals surface area (Å²) in [6.45, 7) is 10.5. The Bertz CT molecular complexity index is 544. The van der Waals surface area contributed by atoms with Crippen molar-refractivity contribution in [2.45, 2.75) is 41.0 Å². The summed E-state index contributed by atoms with van der Waals surface area (Å²) < 4.78 is 0. The lowest BCUT2D eigenvalue weighted by Gasteiger charge is -2.13. The molecule has 112 valence electrons. The van der Waals surface area contributed by atoms with Crippen molar-refractivity contribution < 1.29 is 0 Å². The Morgan fingerprint density at radius 3 is 2.33 bits per heavy atom. The van der Waals surface area contributed by atoms with Crippen LogP contribution in [0.15, 0.2) is 65.2 Å². The minimum absolute atomic E-state index is 0.383. The highest BCUT2D eigenvalue weighted by Gasteiger charge is 2.10. The van der Waals surface area contributed by atoms with E-state index >= 15 is 0 Å². The summed E-state index contributed by atoms with van der Waals surface area (Å²) in [4.78, 5) is 4.92. The maximum absolute atomic E-state index is 4.92. The van der Waals surface area contributed by atoms with Gasteiger partial charge in [0.2, 0.25) is 0 Å². The first kappa shape index (κ1) is 17.2. The first-order valence-corrected chi connectivity index (χ1v) is 7.91. The molecule has 1 atom stereocenters. The second-order valence-electron chi connectivity index (χ2n) is 4.92. The average Bonchev–Trinajstić information content (AvgIpc) is 2.56. The Balaban J connectivity index is 0.00000106. The standard InChI is InChI=1S/C18H21N.C2H6/c1-4-14(2)18(16-11-6-5-7-12-16)19-17-13-9-8-10-15(17)3;1-2/h5-13,15H,4H2,1-3H3;1-2H3/b18-14+,19-17?;. The summed E-state index contributed by atoms with van der Waals surface area (Å²) in [6, 6.07) is 10.4. The second kappa shape index (κ2) is 9.12. The van der Waals surface area contributed by atoms with E-state index in [0.717, 1.165) is 17.8 Å². The molecule has 0 saturated heterocycles. The van der Waals surface area contributed by atoms with Gasteiger partial charge in [0.25, 0.3) is 0 Å². The molecule has 0 fully saturated rings. The van der Waals surface area contributed by atoms with E-state index in [1.165, 1.54) is 11.1 Å². The van der Waals surface area contributed by atoms with Crippen LogP contribution in [-0.2, 0) is 0 Å². The number of allylic oxidation sites excluding steroid dienone is 5. The van der Waals surface area contributed by atoms with Crippen LogP contribution in [0.3, 0.4) is 0 Å². The van der Waals surface area contributed by atoms with Crippen LogP contribution in [0.5, 0.6) is 0 Å². The Morgan fingerprint density at radius 2 is 1.76 bits per heavy atom. The fraction of sp³-hybridized carbons (Fsp3) is 0.350. The van der Waals surface area contributed by atoms with Crippen LogP contribution in [0.1, 0.15) is 46.6 Å². The van der Waals surface area contributed by atoms with Crippen molar-refractivity contribution in [3.63, 3.8) is 0 Å². The van der Waals surface area contributed by atoms with Gasteiger partial charge < -0.3 is 0 Å². The van der Waals surface area contributed by atoms with E-state index in [4.69, 9.17) is 4.99 Å². The summed E-state index contributed by atoms with van der Waals surface area (Å²) in [6.07, 6.45) is 9.46. The summed E-state index contributed by atoms with van der Waals surface area (Å²) in [5.74, 6) is 0.383. The number of hydrogen-bond donors (Lipinski definition) is 0. The molecule has 0 radical (unpaired) electrons. The smallest absolute Gasteiger partial charge is 0.0694 e. The van der Waals surface area contributed by atoms with Gasteiger partial charge in [0.05, 0.1) is 5.70 Å². The zero-order chi connectivity index (χ0) is 15.7. The first-order chi connectivity index (χ1) is 10.2. The van der Waals surface area contributed by atoms with Crippen LogP contribution < -0.4 is 0 Å². The topological polar surface area (TPSA) is 12.4 Å². The molecule has 0 heterocycles. The predicted octanol–water partition coefficient (Wildman–Crippen LogP) is 6.06. The van der Waals surface area contributed by atoms with Gasteiger partial charge in [-0.1, -0.05) is 76.3 Å². The van der Waals surface area contributed by atoms with Crippen molar-refractivity contribution in [2.24, 2.45) is 10.9 Å². The van der Waals surface area contributed by atoms with Gasteiger partial charge in [-0.2, -0.15) is 0 Å². The molecule has 1 aromatic carbocycles. The molecule has 1 aromatic rings. The number of nitrogens with zero attached hydrogens (tertiary/aromatic N) is 1. The quantitative estimate of drug-likeness (QED) is 0.639. The summed E-state index contributed by atoms with van der Waals surface area (Å²) in [5, 5.41) is 0. The molecule has 0 spiro atoms. The molecule has 1 aliphatic rings.